The minimum absolute atomic E-state index is 0.0530. The van der Waals surface area contributed by atoms with Gasteiger partial charge in [-0.1, -0.05) is 48.5 Å². The highest BCUT2D eigenvalue weighted by Gasteiger charge is 2.31. The Bertz CT molecular complexity index is 1400. The van der Waals surface area contributed by atoms with Gasteiger partial charge in [-0.3, -0.25) is 4.79 Å². The lowest BCUT2D eigenvalue weighted by Gasteiger charge is -2.15. The van der Waals surface area contributed by atoms with Crippen LogP contribution in [0.2, 0.25) is 0 Å². The molecule has 7 nitrogen and oxygen atoms in total. The first-order valence-corrected chi connectivity index (χ1v) is 12.4. The molecule has 1 N–H and O–H groups in total. The van der Waals surface area contributed by atoms with E-state index in [1.54, 1.807) is 10.7 Å². The highest BCUT2D eigenvalue weighted by Crippen LogP contribution is 2.29. The van der Waals surface area contributed by atoms with Gasteiger partial charge in [-0.05, 0) is 31.0 Å². The molecule has 5 rings (SSSR count). The lowest BCUT2D eigenvalue weighted by Crippen LogP contribution is -2.23. The van der Waals surface area contributed by atoms with Crippen molar-refractivity contribution >= 4 is 32.5 Å². The maximum absolute atomic E-state index is 13.1. The fourth-order valence-corrected chi connectivity index (χ4v) is 6.10. The summed E-state index contributed by atoms with van der Waals surface area (Å²) in [5.74, 6) is 0.551. The fraction of sp³-hybridized carbons (Fsp3) is 0.250. The summed E-state index contributed by atoms with van der Waals surface area (Å²) in [6.07, 6.45) is 0.507. The molecule has 32 heavy (non-hydrogen) atoms. The van der Waals surface area contributed by atoms with Crippen molar-refractivity contribution in [3.8, 4) is 11.3 Å². The molecular weight excluding hydrogens is 424 g/mol. The van der Waals surface area contributed by atoms with E-state index in [-0.39, 0.29) is 30.0 Å². The average molecular weight is 449 g/mol. The Kier molecular flexibility index (Phi) is 5.09. The van der Waals surface area contributed by atoms with Gasteiger partial charge in [0.05, 0.1) is 23.2 Å². The first-order valence-electron chi connectivity index (χ1n) is 10.6. The fourth-order valence-electron chi connectivity index (χ4n) is 4.41. The standard InChI is InChI=1S/C24H24N4O3S/c1-17-13-23(28(26-17)20-11-12-32(30,31)16-20)25-24(29)15-27-21-10-6-5-9-19(21)14-22(27)18-7-3-2-4-8-18/h2-10,13-14,20H,11-12,15-16H2,1H3,(H,25,29). The molecule has 0 radical (unpaired) electrons. The third kappa shape index (κ3) is 3.93. The average Bonchev–Trinajstić information content (AvgIpc) is 3.43. The summed E-state index contributed by atoms with van der Waals surface area (Å²) >= 11 is 0. The van der Waals surface area contributed by atoms with Crippen LogP contribution in [0.3, 0.4) is 0 Å². The molecule has 1 amide bonds. The molecule has 0 saturated carbocycles. The second-order valence-corrected chi connectivity index (χ2v) is 10.5. The van der Waals surface area contributed by atoms with E-state index in [4.69, 9.17) is 0 Å². The van der Waals surface area contributed by atoms with Gasteiger partial charge in [0.1, 0.15) is 12.4 Å². The van der Waals surface area contributed by atoms with Gasteiger partial charge in [0, 0.05) is 22.7 Å². The number of carbonyl (C=O) groups excluding carboxylic acids is 1. The van der Waals surface area contributed by atoms with E-state index in [0.29, 0.717) is 12.2 Å². The molecule has 3 heterocycles. The van der Waals surface area contributed by atoms with Gasteiger partial charge >= 0.3 is 0 Å². The summed E-state index contributed by atoms with van der Waals surface area (Å²) in [6.45, 7) is 1.97. The van der Waals surface area contributed by atoms with Crippen LogP contribution in [0.5, 0.6) is 0 Å². The Labute approximate surface area is 186 Å². The molecule has 0 aliphatic carbocycles. The number of hydrogen-bond donors (Lipinski definition) is 1. The topological polar surface area (TPSA) is 86.0 Å². The zero-order chi connectivity index (χ0) is 22.3. The van der Waals surface area contributed by atoms with Crippen molar-refractivity contribution in [2.75, 3.05) is 16.8 Å². The predicted octanol–water partition coefficient (Wildman–Crippen LogP) is 3.81. The van der Waals surface area contributed by atoms with Crippen LogP contribution in [0.15, 0.2) is 66.7 Å². The van der Waals surface area contributed by atoms with Crippen LogP contribution in [-0.4, -0.2) is 40.2 Å². The van der Waals surface area contributed by atoms with Crippen molar-refractivity contribution < 1.29 is 13.2 Å². The van der Waals surface area contributed by atoms with Crippen LogP contribution in [0.25, 0.3) is 22.2 Å². The smallest absolute Gasteiger partial charge is 0.245 e. The summed E-state index contributed by atoms with van der Waals surface area (Å²) in [5.41, 5.74) is 3.72. The molecule has 0 spiro atoms. The largest absolute Gasteiger partial charge is 0.331 e. The Hall–Kier alpha value is -3.39. The Morgan fingerprint density at radius 2 is 1.84 bits per heavy atom. The number of hydrogen-bond acceptors (Lipinski definition) is 4. The number of anilines is 1. The highest BCUT2D eigenvalue weighted by atomic mass is 32.2. The first kappa shape index (κ1) is 20.5. The van der Waals surface area contributed by atoms with Crippen LogP contribution in [0.4, 0.5) is 5.82 Å². The van der Waals surface area contributed by atoms with Crippen LogP contribution >= 0.6 is 0 Å². The van der Waals surface area contributed by atoms with E-state index in [2.05, 4.69) is 16.5 Å². The summed E-state index contributed by atoms with van der Waals surface area (Å²) in [6, 6.07) is 21.6. The number of sulfone groups is 1. The number of nitrogens with one attached hydrogen (secondary N) is 1. The molecule has 4 aromatic rings. The molecule has 8 heteroatoms. The van der Waals surface area contributed by atoms with Crippen LogP contribution in [-0.2, 0) is 21.2 Å². The van der Waals surface area contributed by atoms with Crippen LogP contribution in [0, 0.1) is 6.92 Å². The van der Waals surface area contributed by atoms with E-state index in [1.165, 1.54) is 0 Å². The van der Waals surface area contributed by atoms with Crippen molar-refractivity contribution in [1.82, 2.24) is 14.3 Å². The van der Waals surface area contributed by atoms with Crippen molar-refractivity contribution in [2.45, 2.75) is 25.9 Å². The number of aromatic nitrogens is 3. The molecule has 2 aromatic heterocycles. The molecule has 1 aliphatic rings. The van der Waals surface area contributed by atoms with E-state index < -0.39 is 9.84 Å². The van der Waals surface area contributed by atoms with Gasteiger partial charge in [-0.15, -0.1) is 0 Å². The van der Waals surface area contributed by atoms with Gasteiger partial charge < -0.3 is 9.88 Å². The van der Waals surface area contributed by atoms with Crippen molar-refractivity contribution in [3.05, 3.63) is 72.4 Å². The summed E-state index contributed by atoms with van der Waals surface area (Å²) in [4.78, 5) is 13.1. The number of nitrogens with zero attached hydrogens (tertiary/aromatic N) is 3. The Balaban J connectivity index is 1.45. The van der Waals surface area contributed by atoms with Crippen LogP contribution in [0.1, 0.15) is 18.2 Å². The highest BCUT2D eigenvalue weighted by molar-refractivity contribution is 7.91. The van der Waals surface area contributed by atoms with Crippen molar-refractivity contribution in [3.63, 3.8) is 0 Å². The monoisotopic (exact) mass is 448 g/mol. The Morgan fingerprint density at radius 1 is 1.09 bits per heavy atom. The molecule has 1 unspecified atom stereocenters. The van der Waals surface area contributed by atoms with Gasteiger partial charge in [-0.25, -0.2) is 13.1 Å². The van der Waals surface area contributed by atoms with E-state index in [9.17, 15) is 13.2 Å². The maximum atomic E-state index is 13.1. The molecular formula is C24H24N4O3S. The molecule has 1 saturated heterocycles. The number of para-hydroxylation sites is 1. The maximum Gasteiger partial charge on any atom is 0.245 e. The van der Waals surface area contributed by atoms with E-state index in [1.807, 2.05) is 66.1 Å². The summed E-state index contributed by atoms with van der Waals surface area (Å²) in [5, 5.41) is 8.48. The number of carbonyl (C=O) groups is 1. The van der Waals surface area contributed by atoms with Gasteiger partial charge in [0.15, 0.2) is 9.84 Å². The second kappa shape index (κ2) is 7.94. The molecule has 0 bridgehead atoms. The number of rotatable bonds is 5. The number of amides is 1. The lowest BCUT2D eigenvalue weighted by atomic mass is 10.1. The number of aryl methyl sites for hydroxylation is 1. The third-order valence-electron chi connectivity index (χ3n) is 5.86. The Morgan fingerprint density at radius 3 is 2.59 bits per heavy atom. The normalized spacial score (nSPS) is 17.6. The zero-order valence-electron chi connectivity index (χ0n) is 17.7. The molecule has 1 fully saturated rings. The minimum Gasteiger partial charge on any atom is -0.331 e. The molecule has 1 aliphatic heterocycles. The van der Waals surface area contributed by atoms with E-state index in [0.717, 1.165) is 27.9 Å². The van der Waals surface area contributed by atoms with Crippen molar-refractivity contribution in [2.24, 2.45) is 0 Å². The van der Waals surface area contributed by atoms with Crippen molar-refractivity contribution in [1.29, 1.82) is 0 Å². The second-order valence-electron chi connectivity index (χ2n) is 8.26. The lowest BCUT2D eigenvalue weighted by molar-refractivity contribution is -0.116. The quantitative estimate of drug-likeness (QED) is 0.503. The van der Waals surface area contributed by atoms with Gasteiger partial charge in [0.25, 0.3) is 0 Å². The van der Waals surface area contributed by atoms with Crippen LogP contribution < -0.4 is 5.32 Å². The SMILES string of the molecule is Cc1cc(NC(=O)Cn2c(-c3ccccc3)cc3ccccc32)n(C2CCS(=O)(=O)C2)n1. The van der Waals surface area contributed by atoms with E-state index >= 15 is 0 Å². The summed E-state index contributed by atoms with van der Waals surface area (Å²) in [7, 11) is -3.06. The predicted molar refractivity (Wildman–Crippen MR) is 125 cm³/mol. The molecule has 2 aromatic carbocycles. The molecule has 1 atom stereocenters. The zero-order valence-corrected chi connectivity index (χ0v) is 18.5. The number of benzene rings is 2. The minimum atomic E-state index is -3.06. The first-order chi connectivity index (χ1) is 15.4. The number of fused-ring (bicyclic) bond motifs is 1. The summed E-state index contributed by atoms with van der Waals surface area (Å²) < 4.78 is 27.5. The van der Waals surface area contributed by atoms with Gasteiger partial charge in [0.2, 0.25) is 5.91 Å². The third-order valence-corrected chi connectivity index (χ3v) is 7.61. The molecule has 164 valence electrons. The van der Waals surface area contributed by atoms with Gasteiger partial charge in [-0.2, -0.15) is 5.10 Å².